The summed E-state index contributed by atoms with van der Waals surface area (Å²) in [6.07, 6.45) is 0.765. The van der Waals surface area contributed by atoms with E-state index in [2.05, 4.69) is 31.2 Å². The van der Waals surface area contributed by atoms with Crippen LogP contribution in [-0.2, 0) is 16.1 Å². The third kappa shape index (κ3) is 4.15. The number of hydrogen-bond acceptors (Lipinski definition) is 3. The van der Waals surface area contributed by atoms with Gasteiger partial charge in [-0.25, -0.2) is 0 Å². The molecule has 0 spiro atoms. The van der Waals surface area contributed by atoms with E-state index in [0.29, 0.717) is 6.61 Å². The first kappa shape index (κ1) is 14.7. The van der Waals surface area contributed by atoms with Crippen molar-refractivity contribution in [2.45, 2.75) is 39.8 Å². The van der Waals surface area contributed by atoms with Crippen LogP contribution in [0.5, 0.6) is 0 Å². The van der Waals surface area contributed by atoms with Crippen molar-refractivity contribution in [1.29, 1.82) is 0 Å². The highest BCUT2D eigenvalue weighted by atomic mass is 16.5. The van der Waals surface area contributed by atoms with Crippen molar-refractivity contribution in [3.63, 3.8) is 0 Å². The fourth-order valence-electron chi connectivity index (χ4n) is 1.99. The van der Waals surface area contributed by atoms with Gasteiger partial charge in [0.05, 0.1) is 6.61 Å². The smallest absolute Gasteiger partial charge is 0.323 e. The summed E-state index contributed by atoms with van der Waals surface area (Å²) in [5.74, 6) is -0.130. The van der Waals surface area contributed by atoms with E-state index >= 15 is 0 Å². The molecule has 0 N–H and O–H groups in total. The molecule has 0 fully saturated rings. The Morgan fingerprint density at radius 1 is 1.28 bits per heavy atom. The number of carbonyl (C=O) groups excluding carboxylic acids is 1. The van der Waals surface area contributed by atoms with Crippen LogP contribution < -0.4 is 0 Å². The fraction of sp³-hybridized carbons (Fsp3) is 0.533. The molecular weight excluding hydrogens is 226 g/mol. The first-order valence-electron chi connectivity index (χ1n) is 6.50. The van der Waals surface area contributed by atoms with E-state index in [1.54, 1.807) is 0 Å². The largest absolute Gasteiger partial charge is 0.465 e. The molecule has 0 aliphatic heterocycles. The zero-order valence-corrected chi connectivity index (χ0v) is 11.8. The number of likely N-dealkylation sites (N-methyl/N-ethyl adjacent to an activating group) is 1. The normalized spacial score (nSPS) is 12.5. The van der Waals surface area contributed by atoms with Crippen LogP contribution in [0.25, 0.3) is 0 Å². The zero-order chi connectivity index (χ0) is 13.5. The number of nitrogens with zero attached hydrogens (tertiary/aromatic N) is 1. The lowest BCUT2D eigenvalue weighted by Crippen LogP contribution is -2.38. The molecule has 1 rings (SSSR count). The van der Waals surface area contributed by atoms with Gasteiger partial charge in [0, 0.05) is 6.54 Å². The lowest BCUT2D eigenvalue weighted by atomic mass is 10.1. The Bertz CT molecular complexity index is 373. The van der Waals surface area contributed by atoms with Gasteiger partial charge < -0.3 is 4.74 Å². The van der Waals surface area contributed by atoms with Crippen LogP contribution in [0, 0.1) is 6.92 Å². The number of carbonyl (C=O) groups is 1. The van der Waals surface area contributed by atoms with Crippen LogP contribution in [0.15, 0.2) is 24.3 Å². The second kappa shape index (κ2) is 7.17. The Morgan fingerprint density at radius 2 is 1.89 bits per heavy atom. The monoisotopic (exact) mass is 249 g/mol. The minimum Gasteiger partial charge on any atom is -0.465 e. The quantitative estimate of drug-likeness (QED) is 0.726. The van der Waals surface area contributed by atoms with E-state index < -0.39 is 0 Å². The molecule has 100 valence electrons. The fourth-order valence-corrected chi connectivity index (χ4v) is 1.99. The van der Waals surface area contributed by atoms with Crippen molar-refractivity contribution in [1.82, 2.24) is 4.90 Å². The number of rotatable bonds is 6. The third-order valence-corrected chi connectivity index (χ3v) is 3.03. The molecule has 1 aromatic carbocycles. The minimum absolute atomic E-state index is 0.130. The number of benzene rings is 1. The van der Waals surface area contributed by atoms with E-state index in [4.69, 9.17) is 4.74 Å². The molecule has 0 bridgehead atoms. The molecule has 1 unspecified atom stereocenters. The average molecular weight is 249 g/mol. The van der Waals surface area contributed by atoms with Crippen molar-refractivity contribution < 1.29 is 9.53 Å². The van der Waals surface area contributed by atoms with Gasteiger partial charge in [-0.15, -0.1) is 0 Å². The highest BCUT2D eigenvalue weighted by Gasteiger charge is 2.22. The summed E-state index contributed by atoms with van der Waals surface area (Å²) in [5, 5.41) is 0. The van der Waals surface area contributed by atoms with Gasteiger partial charge in [0.25, 0.3) is 0 Å². The SMILES string of the molecule is CCOC(=O)C(CC)N(C)Cc1ccc(C)cc1. The van der Waals surface area contributed by atoms with Gasteiger partial charge in [-0.1, -0.05) is 36.8 Å². The standard InChI is InChI=1S/C15H23NO2/c1-5-14(15(17)18-6-2)16(4)11-13-9-7-12(3)8-10-13/h7-10,14H,5-6,11H2,1-4H3. The van der Waals surface area contributed by atoms with Gasteiger partial charge in [-0.3, -0.25) is 9.69 Å². The Balaban J connectivity index is 2.64. The average Bonchev–Trinajstić information content (AvgIpc) is 2.33. The van der Waals surface area contributed by atoms with Gasteiger partial charge in [-0.05, 0) is 32.9 Å². The second-order valence-electron chi connectivity index (χ2n) is 4.58. The summed E-state index contributed by atoms with van der Waals surface area (Å²) in [4.78, 5) is 13.8. The van der Waals surface area contributed by atoms with Crippen LogP contribution in [0.2, 0.25) is 0 Å². The third-order valence-electron chi connectivity index (χ3n) is 3.03. The van der Waals surface area contributed by atoms with Gasteiger partial charge in [-0.2, -0.15) is 0 Å². The van der Waals surface area contributed by atoms with Crippen LogP contribution >= 0.6 is 0 Å². The van der Waals surface area contributed by atoms with E-state index in [9.17, 15) is 4.79 Å². The summed E-state index contributed by atoms with van der Waals surface area (Å²) in [7, 11) is 1.96. The molecule has 0 aromatic heterocycles. The topological polar surface area (TPSA) is 29.5 Å². The van der Waals surface area contributed by atoms with Crippen molar-refractivity contribution in [2.75, 3.05) is 13.7 Å². The maximum absolute atomic E-state index is 11.8. The molecule has 0 heterocycles. The molecular formula is C15H23NO2. The van der Waals surface area contributed by atoms with Crippen LogP contribution in [0.3, 0.4) is 0 Å². The summed E-state index contributed by atoms with van der Waals surface area (Å²) in [6.45, 7) is 7.12. The van der Waals surface area contributed by atoms with E-state index in [1.165, 1.54) is 11.1 Å². The number of esters is 1. The Morgan fingerprint density at radius 3 is 2.39 bits per heavy atom. The van der Waals surface area contributed by atoms with Crippen molar-refractivity contribution in [2.24, 2.45) is 0 Å². The molecule has 0 aliphatic carbocycles. The molecule has 0 saturated carbocycles. The maximum Gasteiger partial charge on any atom is 0.323 e. The van der Waals surface area contributed by atoms with E-state index in [0.717, 1.165) is 13.0 Å². The van der Waals surface area contributed by atoms with Crippen LogP contribution in [0.4, 0.5) is 0 Å². The molecule has 0 amide bonds. The predicted molar refractivity (Wildman–Crippen MR) is 73.4 cm³/mol. The summed E-state index contributed by atoms with van der Waals surface area (Å²) < 4.78 is 5.09. The minimum atomic E-state index is -0.161. The Hall–Kier alpha value is -1.35. The van der Waals surface area contributed by atoms with Crippen molar-refractivity contribution in [3.05, 3.63) is 35.4 Å². The first-order valence-corrected chi connectivity index (χ1v) is 6.50. The zero-order valence-electron chi connectivity index (χ0n) is 11.8. The maximum atomic E-state index is 11.8. The second-order valence-corrected chi connectivity index (χ2v) is 4.58. The number of hydrogen-bond donors (Lipinski definition) is 0. The lowest BCUT2D eigenvalue weighted by Gasteiger charge is -2.25. The van der Waals surface area contributed by atoms with Gasteiger partial charge in [0.2, 0.25) is 0 Å². The van der Waals surface area contributed by atoms with E-state index in [-0.39, 0.29) is 12.0 Å². The molecule has 0 aliphatic rings. The Kier molecular flexibility index (Phi) is 5.86. The molecule has 0 radical (unpaired) electrons. The highest BCUT2D eigenvalue weighted by Crippen LogP contribution is 2.11. The summed E-state index contributed by atoms with van der Waals surface area (Å²) >= 11 is 0. The predicted octanol–water partition coefficient (Wildman–Crippen LogP) is 2.77. The molecule has 1 atom stereocenters. The van der Waals surface area contributed by atoms with Crippen LogP contribution in [0.1, 0.15) is 31.4 Å². The van der Waals surface area contributed by atoms with Gasteiger partial charge in [0.15, 0.2) is 0 Å². The highest BCUT2D eigenvalue weighted by molar-refractivity contribution is 5.75. The summed E-state index contributed by atoms with van der Waals surface area (Å²) in [6, 6.07) is 8.22. The molecule has 18 heavy (non-hydrogen) atoms. The van der Waals surface area contributed by atoms with Gasteiger partial charge in [0.1, 0.15) is 6.04 Å². The Labute approximate surface area is 110 Å². The van der Waals surface area contributed by atoms with Crippen LogP contribution in [-0.4, -0.2) is 30.6 Å². The summed E-state index contributed by atoms with van der Waals surface area (Å²) in [5.41, 5.74) is 2.46. The number of aryl methyl sites for hydroxylation is 1. The molecule has 3 nitrogen and oxygen atoms in total. The molecule has 3 heteroatoms. The lowest BCUT2D eigenvalue weighted by molar-refractivity contribution is -0.149. The number of ether oxygens (including phenoxy) is 1. The van der Waals surface area contributed by atoms with Crippen molar-refractivity contribution in [3.8, 4) is 0 Å². The first-order chi connectivity index (χ1) is 8.58. The van der Waals surface area contributed by atoms with E-state index in [1.807, 2.05) is 25.8 Å². The van der Waals surface area contributed by atoms with Gasteiger partial charge >= 0.3 is 5.97 Å². The van der Waals surface area contributed by atoms with Crippen molar-refractivity contribution >= 4 is 5.97 Å². The molecule has 0 saturated heterocycles. The molecule has 1 aromatic rings.